The first kappa shape index (κ1) is 12.6. The monoisotopic (exact) mass is 258 g/mol. The highest BCUT2D eigenvalue weighted by molar-refractivity contribution is 6.00. The van der Waals surface area contributed by atoms with Gasteiger partial charge in [-0.25, -0.2) is 9.59 Å². The molecule has 0 aromatic heterocycles. The molecule has 0 aliphatic carbocycles. The topological polar surface area (TPSA) is 90.2 Å². The molecule has 0 saturated heterocycles. The standard InChI is InChI=1S/C13H10N2O4/c16-12(17)7-11(13(18)19)15-6-5-14-8-9-3-1-2-4-10(9)15/h1-8H,(H,16,17)(H,18,19)/b11-7-. The third-order valence-electron chi connectivity index (χ3n) is 2.45. The molecule has 1 aliphatic heterocycles. The predicted octanol–water partition coefficient (Wildman–Crippen LogP) is 1.45. The summed E-state index contributed by atoms with van der Waals surface area (Å²) in [5.41, 5.74) is 0.890. The maximum atomic E-state index is 11.2. The van der Waals surface area contributed by atoms with Crippen LogP contribution in [0.25, 0.3) is 0 Å². The number of carboxylic acid groups (broad SMARTS) is 2. The van der Waals surface area contributed by atoms with Crippen molar-refractivity contribution in [2.24, 2.45) is 4.99 Å². The molecule has 0 atom stereocenters. The number of carbonyl (C=O) groups is 2. The molecule has 1 aliphatic rings. The minimum Gasteiger partial charge on any atom is -0.478 e. The van der Waals surface area contributed by atoms with Gasteiger partial charge in [0.25, 0.3) is 0 Å². The fourth-order valence-electron chi connectivity index (χ4n) is 1.69. The summed E-state index contributed by atoms with van der Waals surface area (Å²) in [6, 6.07) is 6.98. The van der Waals surface area contributed by atoms with Crippen LogP contribution in [0, 0.1) is 0 Å². The van der Waals surface area contributed by atoms with Gasteiger partial charge in [-0.2, -0.15) is 0 Å². The van der Waals surface area contributed by atoms with Crippen LogP contribution in [0.2, 0.25) is 0 Å². The van der Waals surface area contributed by atoms with Gasteiger partial charge in [-0.1, -0.05) is 18.2 Å². The number of hydrogen-bond donors (Lipinski definition) is 2. The lowest BCUT2D eigenvalue weighted by Gasteiger charge is -2.21. The zero-order chi connectivity index (χ0) is 13.8. The van der Waals surface area contributed by atoms with E-state index in [9.17, 15) is 9.59 Å². The molecule has 0 spiro atoms. The van der Waals surface area contributed by atoms with Crippen LogP contribution < -0.4 is 4.90 Å². The van der Waals surface area contributed by atoms with Crippen molar-refractivity contribution in [1.29, 1.82) is 0 Å². The van der Waals surface area contributed by atoms with Crippen molar-refractivity contribution < 1.29 is 19.8 Å². The minimum absolute atomic E-state index is 0.360. The van der Waals surface area contributed by atoms with Crippen LogP contribution in [-0.2, 0) is 9.59 Å². The first-order chi connectivity index (χ1) is 9.09. The van der Waals surface area contributed by atoms with Gasteiger partial charge < -0.3 is 15.1 Å². The zero-order valence-corrected chi connectivity index (χ0v) is 9.72. The van der Waals surface area contributed by atoms with Crippen LogP contribution >= 0.6 is 0 Å². The number of hydrogen-bond acceptors (Lipinski definition) is 4. The van der Waals surface area contributed by atoms with Crippen molar-refractivity contribution in [2.45, 2.75) is 0 Å². The number of para-hydroxylation sites is 1. The van der Waals surface area contributed by atoms with Crippen molar-refractivity contribution in [1.82, 2.24) is 0 Å². The van der Waals surface area contributed by atoms with Crippen LogP contribution in [0.1, 0.15) is 5.56 Å². The summed E-state index contributed by atoms with van der Waals surface area (Å²) in [5, 5.41) is 17.9. The van der Waals surface area contributed by atoms with E-state index in [0.717, 1.165) is 0 Å². The Labute approximate surface area is 108 Å². The van der Waals surface area contributed by atoms with Gasteiger partial charge in [0, 0.05) is 24.2 Å². The van der Waals surface area contributed by atoms with Crippen molar-refractivity contribution >= 4 is 23.8 Å². The normalized spacial score (nSPS) is 13.9. The maximum Gasteiger partial charge on any atom is 0.353 e. The Balaban J connectivity index is 2.56. The van der Waals surface area contributed by atoms with Gasteiger partial charge in [-0.15, -0.1) is 0 Å². The first-order valence-electron chi connectivity index (χ1n) is 5.35. The first-order valence-corrected chi connectivity index (χ1v) is 5.35. The fraction of sp³-hybridized carbons (Fsp3) is 0. The lowest BCUT2D eigenvalue weighted by atomic mass is 10.1. The molecule has 6 nitrogen and oxygen atoms in total. The molecule has 0 unspecified atom stereocenters. The largest absolute Gasteiger partial charge is 0.478 e. The second kappa shape index (κ2) is 5.18. The second-order valence-electron chi connectivity index (χ2n) is 3.68. The van der Waals surface area contributed by atoms with Crippen molar-refractivity contribution in [3.05, 3.63) is 54.0 Å². The van der Waals surface area contributed by atoms with E-state index in [-0.39, 0.29) is 5.70 Å². The molecule has 0 amide bonds. The molecule has 1 aromatic rings. The average Bonchev–Trinajstić information content (AvgIpc) is 2.57. The summed E-state index contributed by atoms with van der Waals surface area (Å²) in [6.45, 7) is 0. The summed E-state index contributed by atoms with van der Waals surface area (Å²) < 4.78 is 0. The van der Waals surface area contributed by atoms with E-state index >= 15 is 0 Å². The molecule has 6 heteroatoms. The smallest absolute Gasteiger partial charge is 0.353 e. The Morgan fingerprint density at radius 2 is 1.95 bits per heavy atom. The van der Waals surface area contributed by atoms with Gasteiger partial charge in [0.1, 0.15) is 5.70 Å². The highest BCUT2D eigenvalue weighted by Crippen LogP contribution is 2.25. The summed E-state index contributed by atoms with van der Waals surface area (Å²) in [5.74, 6) is -2.66. The Kier molecular flexibility index (Phi) is 3.42. The predicted molar refractivity (Wildman–Crippen MR) is 69.0 cm³/mol. The Morgan fingerprint density at radius 3 is 2.63 bits per heavy atom. The number of carboxylic acids is 2. The molecule has 0 saturated carbocycles. The van der Waals surface area contributed by atoms with Gasteiger partial charge in [0.05, 0.1) is 11.8 Å². The summed E-state index contributed by atoms with van der Waals surface area (Å²) in [6.07, 6.45) is 5.03. The second-order valence-corrected chi connectivity index (χ2v) is 3.68. The van der Waals surface area contributed by atoms with Crippen LogP contribution in [0.4, 0.5) is 5.69 Å². The molecule has 1 heterocycles. The SMILES string of the molecule is O=C(O)/C=C(/C(=O)O)N1C=CN=Cc2ccccc21. The van der Waals surface area contributed by atoms with Gasteiger partial charge in [-0.05, 0) is 6.07 Å². The maximum absolute atomic E-state index is 11.2. The van der Waals surface area contributed by atoms with E-state index in [0.29, 0.717) is 17.3 Å². The number of anilines is 1. The molecule has 2 rings (SSSR count). The molecular weight excluding hydrogens is 248 g/mol. The molecule has 19 heavy (non-hydrogen) atoms. The highest BCUT2D eigenvalue weighted by atomic mass is 16.4. The van der Waals surface area contributed by atoms with Crippen molar-refractivity contribution in [3.63, 3.8) is 0 Å². The number of aliphatic imine (C=N–C) groups is 1. The van der Waals surface area contributed by atoms with Crippen LogP contribution in [-0.4, -0.2) is 28.4 Å². The number of benzene rings is 1. The third-order valence-corrected chi connectivity index (χ3v) is 2.45. The van der Waals surface area contributed by atoms with E-state index in [1.807, 2.05) is 0 Å². The lowest BCUT2D eigenvalue weighted by molar-refractivity contribution is -0.135. The summed E-state index contributed by atoms with van der Waals surface area (Å²) in [4.78, 5) is 27.2. The van der Waals surface area contributed by atoms with Crippen LogP contribution in [0.5, 0.6) is 0 Å². The molecule has 0 bridgehead atoms. The number of rotatable bonds is 3. The minimum atomic E-state index is -1.33. The summed E-state index contributed by atoms with van der Waals surface area (Å²) >= 11 is 0. The Morgan fingerprint density at radius 1 is 1.21 bits per heavy atom. The summed E-state index contributed by atoms with van der Waals surface area (Å²) in [7, 11) is 0. The number of aliphatic carboxylic acids is 2. The van der Waals surface area contributed by atoms with E-state index in [1.54, 1.807) is 30.5 Å². The Bertz CT molecular complexity index is 617. The van der Waals surface area contributed by atoms with Crippen LogP contribution in [0.15, 0.2) is 53.4 Å². The van der Waals surface area contributed by atoms with E-state index < -0.39 is 11.9 Å². The quantitative estimate of drug-likeness (QED) is 0.801. The zero-order valence-electron chi connectivity index (χ0n) is 9.72. The molecule has 1 aromatic carbocycles. The van der Waals surface area contributed by atoms with Crippen molar-refractivity contribution in [2.75, 3.05) is 4.90 Å². The van der Waals surface area contributed by atoms with E-state index in [2.05, 4.69) is 4.99 Å². The van der Waals surface area contributed by atoms with Gasteiger partial charge in [0.2, 0.25) is 0 Å². The van der Waals surface area contributed by atoms with Crippen molar-refractivity contribution in [3.8, 4) is 0 Å². The lowest BCUT2D eigenvalue weighted by Crippen LogP contribution is -2.23. The van der Waals surface area contributed by atoms with Gasteiger partial charge in [0.15, 0.2) is 0 Å². The molecule has 96 valence electrons. The van der Waals surface area contributed by atoms with Gasteiger partial charge in [-0.3, -0.25) is 4.99 Å². The molecular formula is C13H10N2O4. The average molecular weight is 258 g/mol. The number of fused-ring (bicyclic) bond motifs is 1. The van der Waals surface area contributed by atoms with Crippen LogP contribution in [0.3, 0.4) is 0 Å². The number of nitrogens with zero attached hydrogens (tertiary/aromatic N) is 2. The Hall–Kier alpha value is -2.89. The molecule has 0 fully saturated rings. The third kappa shape index (κ3) is 2.68. The van der Waals surface area contributed by atoms with E-state index in [4.69, 9.17) is 10.2 Å². The van der Waals surface area contributed by atoms with E-state index in [1.165, 1.54) is 17.3 Å². The highest BCUT2D eigenvalue weighted by Gasteiger charge is 2.20. The molecule has 0 radical (unpaired) electrons. The fourth-order valence-corrected chi connectivity index (χ4v) is 1.69. The van der Waals surface area contributed by atoms with Gasteiger partial charge >= 0.3 is 11.9 Å². The molecule has 2 N–H and O–H groups in total.